The van der Waals surface area contributed by atoms with Crippen molar-refractivity contribution in [1.82, 2.24) is 10.6 Å². The molecule has 1 fully saturated rings. The first-order valence-electron chi connectivity index (χ1n) is 5.82. The number of aryl methyl sites for hydroxylation is 1. The van der Waals surface area contributed by atoms with Gasteiger partial charge in [-0.1, -0.05) is 29.8 Å². The van der Waals surface area contributed by atoms with E-state index in [0.29, 0.717) is 0 Å². The van der Waals surface area contributed by atoms with E-state index in [4.69, 9.17) is 0 Å². The zero-order valence-electron chi connectivity index (χ0n) is 9.62. The topological polar surface area (TPSA) is 41.1 Å². The Balaban J connectivity index is 1.89. The van der Waals surface area contributed by atoms with Crippen molar-refractivity contribution < 1.29 is 4.79 Å². The summed E-state index contributed by atoms with van der Waals surface area (Å²) < 4.78 is 0. The van der Waals surface area contributed by atoms with Crippen molar-refractivity contribution in [3.8, 4) is 0 Å². The van der Waals surface area contributed by atoms with Gasteiger partial charge in [0.25, 0.3) is 0 Å². The first kappa shape index (κ1) is 11.1. The number of carbonyl (C=O) groups is 1. The number of nitrogens with one attached hydrogen (secondary N) is 2. The Bertz CT molecular complexity index is 376. The zero-order chi connectivity index (χ0) is 11.4. The summed E-state index contributed by atoms with van der Waals surface area (Å²) in [6.45, 7) is 3.66. The molecule has 86 valence electrons. The summed E-state index contributed by atoms with van der Waals surface area (Å²) in [5, 5.41) is 6.18. The predicted octanol–water partition coefficient (Wildman–Crippen LogP) is 1.36. The molecule has 2 rings (SSSR count). The lowest BCUT2D eigenvalue weighted by molar-refractivity contribution is -0.124. The Hall–Kier alpha value is -1.35. The van der Waals surface area contributed by atoms with Crippen molar-refractivity contribution >= 4 is 5.91 Å². The summed E-state index contributed by atoms with van der Waals surface area (Å²) in [5.41, 5.74) is 2.49. The van der Waals surface area contributed by atoms with Crippen molar-refractivity contribution in [2.45, 2.75) is 32.4 Å². The molecule has 1 amide bonds. The van der Waals surface area contributed by atoms with Crippen LogP contribution in [0.2, 0.25) is 0 Å². The molecule has 3 nitrogen and oxygen atoms in total. The standard InChI is InChI=1S/C13H18N2O/c1-10-4-2-5-11(8-10)9-15-12-6-3-7-14-13(12)16/h2,4-5,8,12,15H,3,6-7,9H2,1H3,(H,14,16). The largest absolute Gasteiger partial charge is 0.355 e. The molecular formula is C13H18N2O. The molecule has 1 unspecified atom stereocenters. The number of hydrogen-bond donors (Lipinski definition) is 2. The highest BCUT2D eigenvalue weighted by Crippen LogP contribution is 2.07. The molecule has 1 heterocycles. The Kier molecular flexibility index (Phi) is 3.57. The summed E-state index contributed by atoms with van der Waals surface area (Å²) in [4.78, 5) is 11.5. The van der Waals surface area contributed by atoms with Crippen LogP contribution in [0.3, 0.4) is 0 Å². The summed E-state index contributed by atoms with van der Waals surface area (Å²) in [7, 11) is 0. The monoisotopic (exact) mass is 218 g/mol. The lowest BCUT2D eigenvalue weighted by Crippen LogP contribution is -2.47. The van der Waals surface area contributed by atoms with Gasteiger partial charge in [0.05, 0.1) is 6.04 Å². The number of benzene rings is 1. The van der Waals surface area contributed by atoms with E-state index in [2.05, 4.69) is 35.8 Å². The van der Waals surface area contributed by atoms with Gasteiger partial charge in [-0.3, -0.25) is 4.79 Å². The van der Waals surface area contributed by atoms with Crippen molar-refractivity contribution in [3.05, 3.63) is 35.4 Å². The Morgan fingerprint density at radius 3 is 3.12 bits per heavy atom. The molecule has 1 atom stereocenters. The second-order valence-corrected chi connectivity index (χ2v) is 4.36. The molecule has 1 aromatic carbocycles. The fraction of sp³-hybridized carbons (Fsp3) is 0.462. The summed E-state index contributed by atoms with van der Waals surface area (Å²) in [6, 6.07) is 8.34. The maximum absolute atomic E-state index is 11.5. The van der Waals surface area contributed by atoms with E-state index >= 15 is 0 Å². The summed E-state index contributed by atoms with van der Waals surface area (Å²) in [5.74, 6) is 0.138. The molecule has 1 aromatic rings. The van der Waals surface area contributed by atoms with Crippen molar-refractivity contribution in [2.75, 3.05) is 6.54 Å². The molecule has 0 radical (unpaired) electrons. The molecule has 2 N–H and O–H groups in total. The molecular weight excluding hydrogens is 200 g/mol. The Labute approximate surface area is 96.2 Å². The van der Waals surface area contributed by atoms with Crippen LogP contribution in [0.15, 0.2) is 24.3 Å². The third-order valence-corrected chi connectivity index (χ3v) is 2.92. The molecule has 1 saturated heterocycles. The third-order valence-electron chi connectivity index (χ3n) is 2.92. The molecule has 0 aromatic heterocycles. The summed E-state index contributed by atoms with van der Waals surface area (Å²) in [6.07, 6.45) is 2.01. The molecule has 0 spiro atoms. The number of rotatable bonds is 3. The van der Waals surface area contributed by atoms with Gasteiger partial charge in [0, 0.05) is 13.1 Å². The molecule has 0 aliphatic carbocycles. The van der Waals surface area contributed by atoms with Gasteiger partial charge < -0.3 is 10.6 Å². The molecule has 0 saturated carbocycles. The maximum atomic E-state index is 11.5. The number of amides is 1. The van der Waals surface area contributed by atoms with E-state index in [1.54, 1.807) is 0 Å². The first-order chi connectivity index (χ1) is 7.75. The van der Waals surface area contributed by atoms with Gasteiger partial charge >= 0.3 is 0 Å². The number of carbonyl (C=O) groups excluding carboxylic acids is 1. The smallest absolute Gasteiger partial charge is 0.237 e. The molecule has 0 bridgehead atoms. The molecule has 3 heteroatoms. The van der Waals surface area contributed by atoms with Crippen molar-refractivity contribution in [1.29, 1.82) is 0 Å². The lowest BCUT2D eigenvalue weighted by atomic mass is 10.1. The quantitative estimate of drug-likeness (QED) is 0.804. The van der Waals surface area contributed by atoms with E-state index in [-0.39, 0.29) is 11.9 Å². The SMILES string of the molecule is Cc1cccc(CNC2CCCNC2=O)c1. The third kappa shape index (κ3) is 2.83. The number of piperidine rings is 1. The van der Waals surface area contributed by atoms with Gasteiger partial charge in [-0.25, -0.2) is 0 Å². The normalized spacial score (nSPS) is 20.6. The highest BCUT2D eigenvalue weighted by molar-refractivity contribution is 5.82. The van der Waals surface area contributed by atoms with Gasteiger partial charge in [-0.05, 0) is 25.3 Å². The van der Waals surface area contributed by atoms with Gasteiger partial charge in [-0.2, -0.15) is 0 Å². The Morgan fingerprint density at radius 2 is 2.38 bits per heavy atom. The number of hydrogen-bond acceptors (Lipinski definition) is 2. The average molecular weight is 218 g/mol. The zero-order valence-corrected chi connectivity index (χ0v) is 9.62. The maximum Gasteiger partial charge on any atom is 0.237 e. The van der Waals surface area contributed by atoms with Gasteiger partial charge in [0.1, 0.15) is 0 Å². The van der Waals surface area contributed by atoms with Crippen LogP contribution in [0.4, 0.5) is 0 Å². The van der Waals surface area contributed by atoms with Crippen LogP contribution in [0.5, 0.6) is 0 Å². The van der Waals surface area contributed by atoms with Gasteiger partial charge in [-0.15, -0.1) is 0 Å². The molecule has 1 aliphatic heterocycles. The van der Waals surface area contributed by atoms with E-state index in [9.17, 15) is 4.79 Å². The fourth-order valence-electron chi connectivity index (χ4n) is 2.03. The van der Waals surface area contributed by atoms with E-state index < -0.39 is 0 Å². The van der Waals surface area contributed by atoms with E-state index in [1.165, 1.54) is 11.1 Å². The van der Waals surface area contributed by atoms with Crippen LogP contribution in [0.1, 0.15) is 24.0 Å². The van der Waals surface area contributed by atoms with Crippen LogP contribution in [-0.2, 0) is 11.3 Å². The van der Waals surface area contributed by atoms with Gasteiger partial charge in [0.2, 0.25) is 5.91 Å². The van der Waals surface area contributed by atoms with Crippen molar-refractivity contribution in [2.24, 2.45) is 0 Å². The minimum atomic E-state index is -0.0192. The fourth-order valence-corrected chi connectivity index (χ4v) is 2.03. The second kappa shape index (κ2) is 5.12. The van der Waals surface area contributed by atoms with Crippen molar-refractivity contribution in [3.63, 3.8) is 0 Å². The van der Waals surface area contributed by atoms with Crippen LogP contribution in [0, 0.1) is 6.92 Å². The first-order valence-corrected chi connectivity index (χ1v) is 5.82. The van der Waals surface area contributed by atoms with Crippen LogP contribution < -0.4 is 10.6 Å². The second-order valence-electron chi connectivity index (χ2n) is 4.36. The minimum absolute atomic E-state index is 0.0192. The van der Waals surface area contributed by atoms with Crippen LogP contribution in [-0.4, -0.2) is 18.5 Å². The lowest BCUT2D eigenvalue weighted by Gasteiger charge is -2.22. The molecule has 16 heavy (non-hydrogen) atoms. The van der Waals surface area contributed by atoms with E-state index in [1.807, 2.05) is 6.07 Å². The molecule has 1 aliphatic rings. The van der Waals surface area contributed by atoms with E-state index in [0.717, 1.165) is 25.9 Å². The summed E-state index contributed by atoms with van der Waals surface area (Å²) >= 11 is 0. The van der Waals surface area contributed by atoms with Crippen LogP contribution in [0.25, 0.3) is 0 Å². The Morgan fingerprint density at radius 1 is 1.50 bits per heavy atom. The highest BCUT2D eigenvalue weighted by Gasteiger charge is 2.20. The highest BCUT2D eigenvalue weighted by atomic mass is 16.2. The van der Waals surface area contributed by atoms with Gasteiger partial charge in [0.15, 0.2) is 0 Å². The minimum Gasteiger partial charge on any atom is -0.355 e. The predicted molar refractivity (Wildman–Crippen MR) is 64.1 cm³/mol. The average Bonchev–Trinajstić information content (AvgIpc) is 2.28. The van der Waals surface area contributed by atoms with Crippen LogP contribution >= 0.6 is 0 Å².